The average molecular weight is 336 g/mol. The first-order chi connectivity index (χ1) is 12.0. The molecule has 7 nitrogen and oxygen atoms in total. The van der Waals surface area contributed by atoms with Crippen molar-refractivity contribution >= 4 is 12.1 Å². The van der Waals surface area contributed by atoms with Crippen molar-refractivity contribution in [1.29, 1.82) is 0 Å². The second kappa shape index (κ2) is 6.88. The number of H-pyrrole nitrogens is 1. The maximum absolute atomic E-state index is 12.1. The van der Waals surface area contributed by atoms with E-state index in [-0.39, 0.29) is 17.2 Å². The van der Waals surface area contributed by atoms with Crippen molar-refractivity contribution in [1.82, 2.24) is 15.6 Å². The molecule has 0 radical (unpaired) electrons. The van der Waals surface area contributed by atoms with E-state index in [1.807, 2.05) is 30.3 Å². The Bertz CT molecular complexity index is 909. The van der Waals surface area contributed by atoms with Gasteiger partial charge in [-0.05, 0) is 24.6 Å². The quantitative estimate of drug-likeness (QED) is 0.433. The fourth-order valence-electron chi connectivity index (χ4n) is 2.34. The maximum atomic E-state index is 12.1. The molecule has 4 N–H and O–H groups in total. The summed E-state index contributed by atoms with van der Waals surface area (Å²) in [5.41, 5.74) is 5.22. The summed E-state index contributed by atoms with van der Waals surface area (Å²) in [6, 6.07) is 13.8. The summed E-state index contributed by atoms with van der Waals surface area (Å²) in [5.74, 6) is -0.618. The number of hydrazone groups is 1. The number of aryl methyl sites for hydroxylation is 1. The molecule has 0 aliphatic rings. The van der Waals surface area contributed by atoms with Crippen LogP contribution in [0.5, 0.6) is 11.5 Å². The summed E-state index contributed by atoms with van der Waals surface area (Å²) in [5, 5.41) is 29.8. The summed E-state index contributed by atoms with van der Waals surface area (Å²) < 4.78 is 0. The van der Waals surface area contributed by atoms with Gasteiger partial charge in [0.2, 0.25) is 0 Å². The van der Waals surface area contributed by atoms with Crippen LogP contribution in [0.2, 0.25) is 0 Å². The molecule has 0 aliphatic heterocycles. The zero-order chi connectivity index (χ0) is 17.8. The van der Waals surface area contributed by atoms with Crippen LogP contribution in [0.15, 0.2) is 53.6 Å². The van der Waals surface area contributed by atoms with Crippen LogP contribution in [0.1, 0.15) is 21.6 Å². The minimum absolute atomic E-state index is 0.0397. The molecule has 0 unspecified atom stereocenters. The third kappa shape index (κ3) is 3.66. The van der Waals surface area contributed by atoms with Crippen molar-refractivity contribution in [2.45, 2.75) is 6.92 Å². The Morgan fingerprint density at radius 3 is 2.68 bits per heavy atom. The third-order valence-corrected chi connectivity index (χ3v) is 3.60. The molecule has 0 fully saturated rings. The molecular formula is C18H16N4O3. The van der Waals surface area contributed by atoms with E-state index in [4.69, 9.17) is 0 Å². The van der Waals surface area contributed by atoms with E-state index in [0.29, 0.717) is 16.8 Å². The number of hydrogen-bond acceptors (Lipinski definition) is 5. The number of aromatic amines is 1. The van der Waals surface area contributed by atoms with Gasteiger partial charge in [-0.3, -0.25) is 9.89 Å². The fraction of sp³-hybridized carbons (Fsp3) is 0.0556. The van der Waals surface area contributed by atoms with Crippen molar-refractivity contribution in [2.75, 3.05) is 0 Å². The Labute approximate surface area is 143 Å². The summed E-state index contributed by atoms with van der Waals surface area (Å²) in [4.78, 5) is 12.1. The van der Waals surface area contributed by atoms with Gasteiger partial charge in [0.1, 0.15) is 17.2 Å². The molecule has 0 saturated heterocycles. The molecular weight excluding hydrogens is 320 g/mol. The number of carbonyl (C=O) groups excluding carboxylic acids is 1. The molecule has 2 aromatic carbocycles. The van der Waals surface area contributed by atoms with Gasteiger partial charge >= 0.3 is 0 Å². The lowest BCUT2D eigenvalue weighted by molar-refractivity contribution is 0.0950. The predicted octanol–water partition coefficient (Wildman–Crippen LogP) is 2.56. The van der Waals surface area contributed by atoms with Crippen LogP contribution < -0.4 is 5.43 Å². The van der Waals surface area contributed by atoms with Gasteiger partial charge in [0.25, 0.3) is 5.91 Å². The molecule has 0 bridgehead atoms. The number of hydrogen-bond donors (Lipinski definition) is 4. The van der Waals surface area contributed by atoms with Gasteiger partial charge in [0.05, 0.1) is 11.9 Å². The molecule has 3 rings (SSSR count). The molecule has 25 heavy (non-hydrogen) atoms. The minimum Gasteiger partial charge on any atom is -0.508 e. The molecule has 1 amide bonds. The summed E-state index contributed by atoms with van der Waals surface area (Å²) in [6.45, 7) is 1.71. The van der Waals surface area contributed by atoms with Gasteiger partial charge in [-0.15, -0.1) is 0 Å². The highest BCUT2D eigenvalue weighted by molar-refractivity contribution is 5.94. The van der Waals surface area contributed by atoms with E-state index in [1.54, 1.807) is 13.0 Å². The SMILES string of the molecule is Cc1cc(O)cc(O)c1C=NNC(=O)c1cc(-c2ccccc2)n[nH]1. The predicted molar refractivity (Wildman–Crippen MR) is 93.6 cm³/mol. The summed E-state index contributed by atoms with van der Waals surface area (Å²) in [6.07, 6.45) is 1.32. The molecule has 3 aromatic rings. The molecule has 0 spiro atoms. The van der Waals surface area contributed by atoms with Gasteiger partial charge in [-0.1, -0.05) is 30.3 Å². The van der Waals surface area contributed by atoms with E-state index in [9.17, 15) is 15.0 Å². The van der Waals surface area contributed by atoms with E-state index in [0.717, 1.165) is 5.56 Å². The number of aromatic hydroxyl groups is 2. The molecule has 1 aromatic heterocycles. The molecule has 7 heteroatoms. The van der Waals surface area contributed by atoms with Gasteiger partial charge in [-0.2, -0.15) is 10.2 Å². The van der Waals surface area contributed by atoms with Crippen LogP contribution in [0.25, 0.3) is 11.3 Å². The number of benzene rings is 2. The Balaban J connectivity index is 1.70. The van der Waals surface area contributed by atoms with E-state index < -0.39 is 5.91 Å². The highest BCUT2D eigenvalue weighted by atomic mass is 16.3. The highest BCUT2D eigenvalue weighted by Gasteiger charge is 2.10. The van der Waals surface area contributed by atoms with Crippen LogP contribution in [0.3, 0.4) is 0 Å². The van der Waals surface area contributed by atoms with E-state index >= 15 is 0 Å². The smallest absolute Gasteiger partial charge is 0.289 e. The zero-order valence-electron chi connectivity index (χ0n) is 13.4. The van der Waals surface area contributed by atoms with Crippen molar-refractivity contribution in [3.63, 3.8) is 0 Å². The van der Waals surface area contributed by atoms with E-state index in [1.165, 1.54) is 18.3 Å². The van der Waals surface area contributed by atoms with Crippen molar-refractivity contribution in [2.24, 2.45) is 5.10 Å². The number of nitrogens with zero attached hydrogens (tertiary/aromatic N) is 2. The first-order valence-electron chi connectivity index (χ1n) is 7.51. The van der Waals surface area contributed by atoms with Crippen molar-refractivity contribution in [3.8, 4) is 22.8 Å². The Hall–Kier alpha value is -3.61. The minimum atomic E-state index is -0.457. The molecule has 0 saturated carbocycles. The highest BCUT2D eigenvalue weighted by Crippen LogP contribution is 2.25. The number of phenols is 2. The number of amides is 1. The number of aromatic nitrogens is 2. The monoisotopic (exact) mass is 336 g/mol. The first kappa shape index (κ1) is 16.3. The Morgan fingerprint density at radius 1 is 1.20 bits per heavy atom. The topological polar surface area (TPSA) is 111 Å². The standard InChI is InChI=1S/C18H16N4O3/c1-11-7-13(23)8-17(24)14(11)10-19-22-18(25)16-9-15(20-21-16)12-5-3-2-4-6-12/h2-10,23-24H,1H3,(H,20,21)(H,22,25). The Morgan fingerprint density at radius 2 is 1.96 bits per heavy atom. The van der Waals surface area contributed by atoms with Gasteiger partial charge in [-0.25, -0.2) is 5.43 Å². The summed E-state index contributed by atoms with van der Waals surface area (Å²) in [7, 11) is 0. The van der Waals surface area contributed by atoms with Crippen LogP contribution in [0, 0.1) is 6.92 Å². The largest absolute Gasteiger partial charge is 0.508 e. The lowest BCUT2D eigenvalue weighted by atomic mass is 10.1. The average Bonchev–Trinajstić information content (AvgIpc) is 3.08. The lowest BCUT2D eigenvalue weighted by Crippen LogP contribution is -2.18. The first-order valence-corrected chi connectivity index (χ1v) is 7.51. The summed E-state index contributed by atoms with van der Waals surface area (Å²) >= 11 is 0. The van der Waals surface area contributed by atoms with Gasteiger partial charge in [0, 0.05) is 17.2 Å². The van der Waals surface area contributed by atoms with Gasteiger partial charge in [0.15, 0.2) is 0 Å². The fourth-order valence-corrected chi connectivity index (χ4v) is 2.34. The normalized spacial score (nSPS) is 10.9. The second-order valence-corrected chi connectivity index (χ2v) is 5.43. The van der Waals surface area contributed by atoms with Crippen molar-refractivity contribution in [3.05, 3.63) is 65.4 Å². The van der Waals surface area contributed by atoms with E-state index in [2.05, 4.69) is 20.7 Å². The second-order valence-electron chi connectivity index (χ2n) is 5.43. The molecule has 0 aliphatic carbocycles. The van der Waals surface area contributed by atoms with Crippen LogP contribution in [0.4, 0.5) is 0 Å². The van der Waals surface area contributed by atoms with Crippen LogP contribution in [-0.2, 0) is 0 Å². The number of carbonyl (C=O) groups is 1. The number of nitrogens with one attached hydrogen (secondary N) is 2. The number of rotatable bonds is 4. The van der Waals surface area contributed by atoms with Gasteiger partial charge < -0.3 is 10.2 Å². The van der Waals surface area contributed by atoms with Crippen LogP contribution in [-0.4, -0.2) is 32.5 Å². The molecule has 0 atom stereocenters. The third-order valence-electron chi connectivity index (χ3n) is 3.60. The number of phenolic OH excluding ortho intramolecular Hbond substituents is 2. The zero-order valence-corrected chi connectivity index (χ0v) is 13.4. The Kier molecular flexibility index (Phi) is 4.47. The molecule has 126 valence electrons. The van der Waals surface area contributed by atoms with Crippen LogP contribution >= 0.6 is 0 Å². The lowest BCUT2D eigenvalue weighted by Gasteiger charge is -2.04. The maximum Gasteiger partial charge on any atom is 0.289 e. The van der Waals surface area contributed by atoms with Crippen molar-refractivity contribution < 1.29 is 15.0 Å². The molecule has 1 heterocycles.